The van der Waals surface area contributed by atoms with Crippen LogP contribution in [0.15, 0.2) is 11.1 Å². The molecule has 0 aromatic carbocycles. The average molecular weight is 207 g/mol. The van der Waals surface area contributed by atoms with Crippen LogP contribution in [0.25, 0.3) is 0 Å². The molecule has 0 spiro atoms. The van der Waals surface area contributed by atoms with Gasteiger partial charge in [-0.05, 0) is 49.9 Å². The molecule has 0 aromatic rings. The third-order valence-corrected chi connectivity index (χ3v) is 5.03. The van der Waals surface area contributed by atoms with E-state index in [0.29, 0.717) is 17.9 Å². The molecule has 0 heterocycles. The summed E-state index contributed by atoms with van der Waals surface area (Å²) in [5.74, 6) is 3.70. The summed E-state index contributed by atoms with van der Waals surface area (Å²) in [6.07, 6.45) is 1.37. The van der Waals surface area contributed by atoms with E-state index in [1.807, 2.05) is 0 Å². The number of hydrogen-bond acceptors (Lipinski definition) is 1. The van der Waals surface area contributed by atoms with Gasteiger partial charge in [-0.1, -0.05) is 31.9 Å². The molecule has 5 atom stereocenters. The maximum atomic E-state index is 6.44. The molecule has 2 bridgehead atoms. The predicted molar refractivity (Wildman–Crippen MR) is 65.4 cm³/mol. The summed E-state index contributed by atoms with van der Waals surface area (Å²) in [7, 11) is 0. The topological polar surface area (TPSA) is 26.0 Å². The maximum Gasteiger partial charge on any atom is 0.0176 e. The lowest BCUT2D eigenvalue weighted by atomic mass is 9.65. The van der Waals surface area contributed by atoms with Crippen LogP contribution < -0.4 is 5.73 Å². The second-order valence-corrected chi connectivity index (χ2v) is 6.12. The minimum Gasteiger partial charge on any atom is -0.327 e. The maximum absolute atomic E-state index is 6.44. The Balaban J connectivity index is 2.37. The van der Waals surface area contributed by atoms with Gasteiger partial charge in [0.1, 0.15) is 0 Å². The standard InChI is InChI=1S/C14H25N/c1-7(2)11-6-8(3)12-9(4)10(5)13(11)14(12)15/h7-8,11-14H,6,15H2,1-5H3/t8-,11+,12-,13-,14+/m0/s1. The Kier molecular flexibility index (Phi) is 2.70. The third kappa shape index (κ3) is 1.47. The van der Waals surface area contributed by atoms with E-state index in [1.165, 1.54) is 6.42 Å². The van der Waals surface area contributed by atoms with Gasteiger partial charge in [0.15, 0.2) is 0 Å². The first-order valence-electron chi connectivity index (χ1n) is 6.38. The van der Waals surface area contributed by atoms with Crippen molar-refractivity contribution in [3.05, 3.63) is 11.1 Å². The van der Waals surface area contributed by atoms with Crippen LogP contribution >= 0.6 is 0 Å². The summed E-state index contributed by atoms with van der Waals surface area (Å²) >= 11 is 0. The fraction of sp³-hybridized carbons (Fsp3) is 0.857. The van der Waals surface area contributed by atoms with E-state index in [1.54, 1.807) is 11.1 Å². The quantitative estimate of drug-likeness (QED) is 0.656. The van der Waals surface area contributed by atoms with Gasteiger partial charge in [0.2, 0.25) is 0 Å². The van der Waals surface area contributed by atoms with E-state index in [4.69, 9.17) is 5.73 Å². The summed E-state index contributed by atoms with van der Waals surface area (Å²) in [6.45, 7) is 11.7. The van der Waals surface area contributed by atoms with Crippen molar-refractivity contribution >= 4 is 0 Å². The van der Waals surface area contributed by atoms with Crippen molar-refractivity contribution in [1.29, 1.82) is 0 Å². The van der Waals surface area contributed by atoms with Crippen molar-refractivity contribution in [2.24, 2.45) is 35.3 Å². The molecule has 0 unspecified atom stereocenters. The van der Waals surface area contributed by atoms with Gasteiger partial charge in [-0.15, -0.1) is 0 Å². The minimum atomic E-state index is 0.404. The van der Waals surface area contributed by atoms with Gasteiger partial charge in [-0.25, -0.2) is 0 Å². The third-order valence-electron chi connectivity index (χ3n) is 5.03. The summed E-state index contributed by atoms with van der Waals surface area (Å²) in [5.41, 5.74) is 9.65. The summed E-state index contributed by atoms with van der Waals surface area (Å²) in [4.78, 5) is 0. The Bertz CT molecular complexity index is 290. The normalized spacial score (nSPS) is 45.4. The van der Waals surface area contributed by atoms with Crippen LogP contribution in [-0.4, -0.2) is 6.04 Å². The van der Waals surface area contributed by atoms with E-state index < -0.39 is 0 Å². The van der Waals surface area contributed by atoms with Crippen molar-refractivity contribution in [3.8, 4) is 0 Å². The van der Waals surface area contributed by atoms with Gasteiger partial charge >= 0.3 is 0 Å². The fourth-order valence-electron chi connectivity index (χ4n) is 4.15. The summed E-state index contributed by atoms with van der Waals surface area (Å²) in [5, 5.41) is 0. The number of fused-ring (bicyclic) bond motifs is 2. The summed E-state index contributed by atoms with van der Waals surface area (Å²) in [6, 6.07) is 0.404. The Morgan fingerprint density at radius 3 is 2.20 bits per heavy atom. The molecule has 0 saturated heterocycles. The van der Waals surface area contributed by atoms with Gasteiger partial charge < -0.3 is 5.73 Å². The number of rotatable bonds is 1. The highest BCUT2D eigenvalue weighted by molar-refractivity contribution is 5.30. The molecule has 0 aromatic heterocycles. The zero-order valence-electron chi connectivity index (χ0n) is 10.7. The molecule has 2 aliphatic carbocycles. The first-order chi connectivity index (χ1) is 6.95. The van der Waals surface area contributed by atoms with Crippen LogP contribution in [0.1, 0.15) is 41.0 Å². The lowest BCUT2D eigenvalue weighted by Crippen LogP contribution is -2.46. The Hall–Kier alpha value is -0.300. The van der Waals surface area contributed by atoms with E-state index in [2.05, 4.69) is 34.6 Å². The van der Waals surface area contributed by atoms with Crippen LogP contribution in [0.2, 0.25) is 0 Å². The Morgan fingerprint density at radius 1 is 1.13 bits per heavy atom. The lowest BCUT2D eigenvalue weighted by Gasteiger charge is -2.42. The van der Waals surface area contributed by atoms with E-state index in [0.717, 1.165) is 17.8 Å². The molecule has 0 aliphatic heterocycles. The molecule has 1 nitrogen and oxygen atoms in total. The largest absolute Gasteiger partial charge is 0.327 e. The van der Waals surface area contributed by atoms with Gasteiger partial charge in [0.25, 0.3) is 0 Å². The molecule has 1 saturated carbocycles. The molecular weight excluding hydrogens is 182 g/mol. The first kappa shape index (κ1) is 11.2. The number of hydrogen-bond donors (Lipinski definition) is 1. The molecule has 1 fully saturated rings. The lowest BCUT2D eigenvalue weighted by molar-refractivity contribution is 0.124. The second kappa shape index (κ2) is 3.62. The van der Waals surface area contributed by atoms with E-state index in [9.17, 15) is 0 Å². The molecule has 0 radical (unpaired) electrons. The first-order valence-corrected chi connectivity index (χ1v) is 6.38. The SMILES string of the molecule is CC1=C(C)[C@H]2[C@@H](N)[C@@H]1[C@@H](C(C)C)C[C@@H]2C. The molecular formula is C14H25N. The molecule has 2 N–H and O–H groups in total. The van der Waals surface area contributed by atoms with Crippen LogP contribution in [0.4, 0.5) is 0 Å². The van der Waals surface area contributed by atoms with Gasteiger partial charge in [-0.2, -0.15) is 0 Å². The van der Waals surface area contributed by atoms with Crippen LogP contribution in [0.3, 0.4) is 0 Å². The molecule has 2 rings (SSSR count). The van der Waals surface area contributed by atoms with Gasteiger partial charge in [0.05, 0.1) is 0 Å². The van der Waals surface area contributed by atoms with Crippen molar-refractivity contribution in [2.75, 3.05) is 0 Å². The monoisotopic (exact) mass is 207 g/mol. The van der Waals surface area contributed by atoms with Crippen LogP contribution in [-0.2, 0) is 0 Å². The summed E-state index contributed by atoms with van der Waals surface area (Å²) < 4.78 is 0. The molecule has 15 heavy (non-hydrogen) atoms. The van der Waals surface area contributed by atoms with Crippen molar-refractivity contribution in [3.63, 3.8) is 0 Å². The van der Waals surface area contributed by atoms with E-state index >= 15 is 0 Å². The van der Waals surface area contributed by atoms with Crippen molar-refractivity contribution in [2.45, 2.75) is 47.1 Å². The highest BCUT2D eigenvalue weighted by Crippen LogP contribution is 2.52. The highest BCUT2D eigenvalue weighted by Gasteiger charge is 2.48. The smallest absolute Gasteiger partial charge is 0.0176 e. The fourth-order valence-corrected chi connectivity index (χ4v) is 4.15. The Morgan fingerprint density at radius 2 is 1.67 bits per heavy atom. The molecule has 86 valence electrons. The number of nitrogens with two attached hydrogens (primary N) is 1. The highest BCUT2D eigenvalue weighted by atomic mass is 14.7. The zero-order valence-corrected chi connectivity index (χ0v) is 10.7. The average Bonchev–Trinajstić information content (AvgIpc) is 2.28. The van der Waals surface area contributed by atoms with Gasteiger partial charge in [0, 0.05) is 6.04 Å². The van der Waals surface area contributed by atoms with Crippen molar-refractivity contribution in [1.82, 2.24) is 0 Å². The molecule has 0 amide bonds. The second-order valence-electron chi connectivity index (χ2n) is 6.12. The van der Waals surface area contributed by atoms with Gasteiger partial charge in [-0.3, -0.25) is 0 Å². The minimum absolute atomic E-state index is 0.404. The van der Waals surface area contributed by atoms with Crippen LogP contribution in [0, 0.1) is 29.6 Å². The van der Waals surface area contributed by atoms with E-state index in [-0.39, 0.29) is 0 Å². The predicted octanol–water partition coefficient (Wildman–Crippen LogP) is 3.21. The molecule has 2 aliphatic rings. The van der Waals surface area contributed by atoms with Crippen LogP contribution in [0.5, 0.6) is 0 Å². The molecule has 1 heteroatoms. The van der Waals surface area contributed by atoms with Crippen molar-refractivity contribution < 1.29 is 0 Å². The Labute approximate surface area is 94.1 Å². The zero-order chi connectivity index (χ0) is 11.3.